The summed E-state index contributed by atoms with van der Waals surface area (Å²) in [6.07, 6.45) is -6.23. The number of hydrazine groups is 1. The second kappa shape index (κ2) is 8.58. The molecule has 2 aromatic rings. The Hall–Kier alpha value is -2.01. The van der Waals surface area contributed by atoms with Gasteiger partial charge in [0.25, 0.3) is 11.5 Å². The minimum Gasteiger partial charge on any atom is -0.374 e. The van der Waals surface area contributed by atoms with Gasteiger partial charge in [-0.3, -0.25) is 15.6 Å². The van der Waals surface area contributed by atoms with E-state index in [9.17, 15) is 26.7 Å². The SMILES string of the molecule is O=C(NNc1cc(C2=NO[C@](c3cc(Cl)c(Cl)c(Cl)c3)(C(F)(F)F)C2)ccc1Cl)[C@H]1CC1(F)F. The van der Waals surface area contributed by atoms with Gasteiger partial charge in [0, 0.05) is 24.0 Å². The summed E-state index contributed by atoms with van der Waals surface area (Å²) >= 11 is 23.8. The summed E-state index contributed by atoms with van der Waals surface area (Å²) in [6, 6.07) is 6.02. The molecule has 1 amide bonds. The minimum atomic E-state index is -4.92. The first-order valence-corrected chi connectivity index (χ1v) is 11.0. The molecule has 5 nitrogen and oxygen atoms in total. The van der Waals surface area contributed by atoms with Gasteiger partial charge in [0.2, 0.25) is 5.91 Å². The van der Waals surface area contributed by atoms with Crippen molar-refractivity contribution >= 4 is 63.7 Å². The number of amides is 1. The van der Waals surface area contributed by atoms with Crippen LogP contribution in [0.3, 0.4) is 0 Å². The van der Waals surface area contributed by atoms with E-state index >= 15 is 0 Å². The third kappa shape index (κ3) is 4.48. The molecular formula is C20H12Cl4F5N3O2. The van der Waals surface area contributed by atoms with Gasteiger partial charge in [0.1, 0.15) is 5.92 Å². The highest BCUT2D eigenvalue weighted by Crippen LogP contribution is 2.51. The molecule has 0 spiro atoms. The Morgan fingerprint density at radius 1 is 1.06 bits per heavy atom. The Morgan fingerprint density at radius 2 is 1.68 bits per heavy atom. The predicted molar refractivity (Wildman–Crippen MR) is 118 cm³/mol. The number of hydrogen-bond acceptors (Lipinski definition) is 4. The highest BCUT2D eigenvalue weighted by atomic mass is 35.5. The zero-order valence-corrected chi connectivity index (χ0v) is 19.6. The fraction of sp³-hybridized carbons (Fsp3) is 0.300. The van der Waals surface area contributed by atoms with E-state index in [0.717, 1.165) is 12.1 Å². The number of carbonyl (C=O) groups is 1. The topological polar surface area (TPSA) is 62.7 Å². The Balaban J connectivity index is 1.59. The Bertz CT molecular complexity index is 1180. The summed E-state index contributed by atoms with van der Waals surface area (Å²) < 4.78 is 68.7. The lowest BCUT2D eigenvalue weighted by Crippen LogP contribution is -2.42. The van der Waals surface area contributed by atoms with Gasteiger partial charge in [0.15, 0.2) is 0 Å². The van der Waals surface area contributed by atoms with Crippen LogP contribution in [0.15, 0.2) is 35.5 Å². The number of rotatable bonds is 5. The average Bonchev–Trinajstić information content (AvgIpc) is 3.17. The van der Waals surface area contributed by atoms with Crippen molar-refractivity contribution < 1.29 is 31.6 Å². The van der Waals surface area contributed by atoms with E-state index in [0.29, 0.717) is 0 Å². The van der Waals surface area contributed by atoms with Gasteiger partial charge in [-0.05, 0) is 24.3 Å². The Labute approximate surface area is 209 Å². The standard InChI is InChI=1S/C20H12Cl4F5N3O2/c21-11-2-1-8(3-14(11)30-31-17(33)10-6-19(10,25)26)15-7-18(34-32-15,20(27,28)29)9-4-12(22)16(24)13(23)5-9/h1-5,10,30H,6-7H2,(H,31,33)/t10-,18-/m1/s1. The second-order valence-electron chi connectivity index (χ2n) is 7.71. The van der Waals surface area contributed by atoms with Crippen LogP contribution in [0.1, 0.15) is 24.0 Å². The highest BCUT2D eigenvalue weighted by molar-refractivity contribution is 6.48. The third-order valence-corrected chi connectivity index (χ3v) is 6.92. The van der Waals surface area contributed by atoms with Gasteiger partial charge in [0.05, 0.1) is 31.5 Å². The maximum atomic E-state index is 14.2. The Kier molecular flexibility index (Phi) is 6.33. The summed E-state index contributed by atoms with van der Waals surface area (Å²) in [5.74, 6) is -5.47. The lowest BCUT2D eigenvalue weighted by Gasteiger charge is -2.30. The van der Waals surface area contributed by atoms with Crippen molar-refractivity contribution in [2.24, 2.45) is 11.1 Å². The molecule has 1 aliphatic carbocycles. The molecule has 2 atom stereocenters. The van der Waals surface area contributed by atoms with Crippen molar-refractivity contribution in [3.8, 4) is 0 Å². The largest absolute Gasteiger partial charge is 0.435 e. The Morgan fingerprint density at radius 3 is 2.24 bits per heavy atom. The monoisotopic (exact) mass is 561 g/mol. The fourth-order valence-corrected chi connectivity index (χ4v) is 4.12. The molecule has 0 aromatic heterocycles. The number of alkyl halides is 5. The smallest absolute Gasteiger partial charge is 0.374 e. The first kappa shape index (κ1) is 25.1. The van der Waals surface area contributed by atoms with Gasteiger partial charge < -0.3 is 4.84 Å². The molecule has 1 fully saturated rings. The summed E-state index contributed by atoms with van der Waals surface area (Å²) in [5.41, 5.74) is 1.37. The summed E-state index contributed by atoms with van der Waals surface area (Å²) in [5, 5.41) is 3.20. The van der Waals surface area contributed by atoms with Crippen molar-refractivity contribution in [2.45, 2.75) is 30.5 Å². The first-order chi connectivity index (χ1) is 15.7. The molecule has 4 rings (SSSR count). The molecule has 1 aliphatic heterocycles. The van der Waals surface area contributed by atoms with Crippen LogP contribution in [0, 0.1) is 5.92 Å². The predicted octanol–water partition coefficient (Wildman–Crippen LogP) is 6.98. The van der Waals surface area contributed by atoms with Crippen LogP contribution in [0.2, 0.25) is 20.1 Å². The highest BCUT2D eigenvalue weighted by Gasteiger charge is 2.63. The molecule has 14 heteroatoms. The number of oxime groups is 1. The molecule has 0 unspecified atom stereocenters. The molecular weight excluding hydrogens is 551 g/mol. The maximum Gasteiger partial charge on any atom is 0.435 e. The van der Waals surface area contributed by atoms with Crippen LogP contribution in [0.25, 0.3) is 0 Å². The van der Waals surface area contributed by atoms with Gasteiger partial charge in [-0.25, -0.2) is 8.78 Å². The number of anilines is 1. The van der Waals surface area contributed by atoms with E-state index in [2.05, 4.69) is 16.0 Å². The van der Waals surface area contributed by atoms with E-state index in [1.165, 1.54) is 18.2 Å². The number of benzene rings is 2. The molecule has 182 valence electrons. The van der Waals surface area contributed by atoms with Gasteiger partial charge >= 0.3 is 6.18 Å². The lowest BCUT2D eigenvalue weighted by molar-refractivity contribution is -0.275. The van der Waals surface area contributed by atoms with E-state index in [1.807, 2.05) is 0 Å². The van der Waals surface area contributed by atoms with Crippen molar-refractivity contribution in [3.63, 3.8) is 0 Å². The van der Waals surface area contributed by atoms with Crippen molar-refractivity contribution in [1.29, 1.82) is 0 Å². The van der Waals surface area contributed by atoms with Crippen molar-refractivity contribution in [1.82, 2.24) is 5.43 Å². The zero-order chi connectivity index (χ0) is 25.1. The number of carbonyl (C=O) groups excluding carboxylic acids is 1. The van der Waals surface area contributed by atoms with E-state index in [4.69, 9.17) is 51.2 Å². The molecule has 1 heterocycles. The molecule has 2 aliphatic rings. The van der Waals surface area contributed by atoms with Crippen molar-refractivity contribution in [3.05, 3.63) is 61.5 Å². The summed E-state index contributed by atoms with van der Waals surface area (Å²) in [4.78, 5) is 16.7. The zero-order valence-electron chi connectivity index (χ0n) is 16.5. The summed E-state index contributed by atoms with van der Waals surface area (Å²) in [6.45, 7) is 0. The van der Waals surface area contributed by atoms with Crippen LogP contribution in [0.5, 0.6) is 0 Å². The molecule has 2 N–H and O–H groups in total. The second-order valence-corrected chi connectivity index (χ2v) is 9.31. The first-order valence-electron chi connectivity index (χ1n) is 9.45. The number of hydrogen-bond donors (Lipinski definition) is 2. The van der Waals surface area contributed by atoms with Crippen molar-refractivity contribution in [2.75, 3.05) is 5.43 Å². The minimum absolute atomic E-state index is 0.0567. The average molecular weight is 563 g/mol. The van der Waals surface area contributed by atoms with Gasteiger partial charge in [-0.2, -0.15) is 13.2 Å². The third-order valence-electron chi connectivity index (χ3n) is 5.40. The molecule has 34 heavy (non-hydrogen) atoms. The van der Waals surface area contributed by atoms with E-state index in [-0.39, 0.29) is 37.1 Å². The van der Waals surface area contributed by atoms with Crippen LogP contribution in [-0.4, -0.2) is 23.7 Å². The van der Waals surface area contributed by atoms with Crippen LogP contribution < -0.4 is 10.9 Å². The van der Waals surface area contributed by atoms with Crippen LogP contribution in [0.4, 0.5) is 27.6 Å². The molecule has 2 aromatic carbocycles. The molecule has 1 saturated carbocycles. The number of nitrogens with zero attached hydrogens (tertiary/aromatic N) is 1. The lowest BCUT2D eigenvalue weighted by atomic mass is 9.86. The van der Waals surface area contributed by atoms with Crippen LogP contribution >= 0.6 is 46.4 Å². The quantitative estimate of drug-likeness (QED) is 0.235. The van der Waals surface area contributed by atoms with E-state index < -0.39 is 47.9 Å². The number of nitrogens with one attached hydrogen (secondary N) is 2. The number of halogens is 9. The maximum absolute atomic E-state index is 14.2. The normalized spacial score (nSPS) is 23.2. The fourth-order valence-electron chi connectivity index (χ4n) is 3.36. The van der Waals surface area contributed by atoms with Gasteiger partial charge in [-0.15, -0.1) is 0 Å². The summed E-state index contributed by atoms with van der Waals surface area (Å²) in [7, 11) is 0. The molecule has 0 radical (unpaired) electrons. The van der Waals surface area contributed by atoms with Crippen LogP contribution in [-0.2, 0) is 15.2 Å². The molecule has 0 bridgehead atoms. The van der Waals surface area contributed by atoms with Gasteiger partial charge in [-0.1, -0.05) is 57.6 Å². The van der Waals surface area contributed by atoms with E-state index in [1.54, 1.807) is 0 Å². The molecule has 0 saturated heterocycles.